The van der Waals surface area contributed by atoms with Crippen LogP contribution in [0.3, 0.4) is 0 Å². The van der Waals surface area contributed by atoms with Crippen LogP contribution in [0.2, 0.25) is 0 Å². The Morgan fingerprint density at radius 3 is 2.60 bits per heavy atom. The van der Waals surface area contributed by atoms with Crippen molar-refractivity contribution in [2.24, 2.45) is 17.8 Å². The van der Waals surface area contributed by atoms with Gasteiger partial charge in [-0.2, -0.15) is 18.2 Å². The Kier molecular flexibility index (Phi) is 11.3. The van der Waals surface area contributed by atoms with E-state index in [2.05, 4.69) is 44.3 Å². The highest BCUT2D eigenvalue weighted by Gasteiger charge is 2.40. The third kappa shape index (κ3) is 9.37. The van der Waals surface area contributed by atoms with Crippen molar-refractivity contribution in [2.45, 2.75) is 90.0 Å². The minimum absolute atomic E-state index is 0.0270. The van der Waals surface area contributed by atoms with Gasteiger partial charge >= 0.3 is 6.18 Å². The maximum atomic E-state index is 13.4. The third-order valence-corrected chi connectivity index (χ3v) is 10.4. The minimum atomic E-state index is -4.58. The van der Waals surface area contributed by atoms with Crippen molar-refractivity contribution in [3.05, 3.63) is 40.4 Å². The summed E-state index contributed by atoms with van der Waals surface area (Å²) >= 11 is 2.23. The van der Waals surface area contributed by atoms with E-state index in [4.69, 9.17) is 4.74 Å². The molecule has 9 nitrogen and oxygen atoms in total. The number of nitrogens with zero attached hydrogens (tertiary/aromatic N) is 5. The van der Waals surface area contributed by atoms with Gasteiger partial charge in [-0.1, -0.05) is 32.9 Å². The summed E-state index contributed by atoms with van der Waals surface area (Å²) in [5, 5.41) is 6.78. The zero-order valence-corrected chi connectivity index (χ0v) is 28.6. The second kappa shape index (κ2) is 15.2. The lowest BCUT2D eigenvalue weighted by Crippen LogP contribution is -2.41. The lowest BCUT2D eigenvalue weighted by molar-refractivity contribution is -0.140. The van der Waals surface area contributed by atoms with Crippen LogP contribution in [-0.2, 0) is 15.8 Å². The molecule has 2 saturated carbocycles. The number of ether oxygens (including phenoxy) is 1. The number of rotatable bonds is 14. The number of aromatic nitrogens is 4. The van der Waals surface area contributed by atoms with Gasteiger partial charge in [-0.15, -0.1) is 22.7 Å². The van der Waals surface area contributed by atoms with Gasteiger partial charge in [-0.3, -0.25) is 9.59 Å². The van der Waals surface area contributed by atoms with E-state index in [1.54, 1.807) is 18.0 Å². The Morgan fingerprint density at radius 1 is 1.11 bits per heavy atom. The number of hydrogen-bond acceptors (Lipinski definition) is 9. The number of alkyl halides is 3. The first-order chi connectivity index (χ1) is 22.4. The van der Waals surface area contributed by atoms with Gasteiger partial charge in [0.15, 0.2) is 16.5 Å². The standard InChI is InChI=1S/C33H41F3N6O3S2/c1-19(2)26-16-46-31(39-26)25-15-28(41-29(37-25)32-40-27(17-47-32)33(34,35)36)45-22-11-10-20(3)23(14-22)30(44)38-24-13-21(24)9-7-5-6-8-12-42(4)18-43/h7,9,15-24H,5-6,8,10-14H2,1-4H3,(H,38,44)/b9-7-/t20-,21-,22+,23?,24?/m1/s1. The van der Waals surface area contributed by atoms with Gasteiger partial charge in [0.1, 0.15) is 16.8 Å². The van der Waals surface area contributed by atoms with Crippen LogP contribution < -0.4 is 10.1 Å². The van der Waals surface area contributed by atoms with Crippen molar-refractivity contribution in [1.82, 2.24) is 30.2 Å². The molecule has 0 aromatic carbocycles. The second-order valence-corrected chi connectivity index (χ2v) is 14.6. The molecule has 14 heteroatoms. The summed E-state index contributed by atoms with van der Waals surface area (Å²) in [6.07, 6.45) is 6.18. The van der Waals surface area contributed by atoms with E-state index < -0.39 is 11.9 Å². The van der Waals surface area contributed by atoms with E-state index in [0.717, 1.165) is 73.9 Å². The van der Waals surface area contributed by atoms with Crippen molar-refractivity contribution < 1.29 is 27.5 Å². The number of carbonyl (C=O) groups excluding carboxylic acids is 2. The largest absolute Gasteiger partial charge is 0.474 e. The lowest BCUT2D eigenvalue weighted by atomic mass is 9.78. The summed E-state index contributed by atoms with van der Waals surface area (Å²) in [6, 6.07) is 1.80. The highest BCUT2D eigenvalue weighted by molar-refractivity contribution is 7.13. The predicted molar refractivity (Wildman–Crippen MR) is 176 cm³/mol. The molecule has 3 heterocycles. The van der Waals surface area contributed by atoms with Gasteiger partial charge in [0.05, 0.1) is 5.69 Å². The molecule has 2 aliphatic carbocycles. The number of allylic oxidation sites excluding steroid dienone is 1. The van der Waals surface area contributed by atoms with Crippen molar-refractivity contribution in [3.63, 3.8) is 0 Å². The molecule has 2 amide bonds. The zero-order valence-electron chi connectivity index (χ0n) is 27.0. The van der Waals surface area contributed by atoms with Gasteiger partial charge in [-0.25, -0.2) is 15.0 Å². The van der Waals surface area contributed by atoms with E-state index in [1.165, 1.54) is 11.3 Å². The number of halogens is 3. The molecule has 2 fully saturated rings. The summed E-state index contributed by atoms with van der Waals surface area (Å²) in [4.78, 5) is 43.1. The first-order valence-corrected chi connectivity index (χ1v) is 17.8. The third-order valence-electron chi connectivity index (χ3n) is 8.66. The summed E-state index contributed by atoms with van der Waals surface area (Å²) in [6.45, 7) is 6.90. The fourth-order valence-corrected chi connectivity index (χ4v) is 7.32. The van der Waals surface area contributed by atoms with E-state index in [-0.39, 0.29) is 52.5 Å². The van der Waals surface area contributed by atoms with Gasteiger partial charge < -0.3 is 15.0 Å². The minimum Gasteiger partial charge on any atom is -0.474 e. The first-order valence-electron chi connectivity index (χ1n) is 16.1. The SMILES string of the molecule is CC(C)c1csc(-c2cc(O[C@H]3CC[C@@H](C)C(C(=O)NC4C[C@H]4/C=C\CCCCN(C)C=O)C3)nc(-c3nc(C(F)(F)F)cs3)n2)n1. The molecule has 5 rings (SSSR count). The maximum Gasteiger partial charge on any atom is 0.434 e. The average molecular weight is 691 g/mol. The molecule has 0 aliphatic heterocycles. The van der Waals surface area contributed by atoms with Gasteiger partial charge in [0.2, 0.25) is 18.2 Å². The van der Waals surface area contributed by atoms with Crippen molar-refractivity contribution >= 4 is 35.0 Å². The highest BCUT2D eigenvalue weighted by atomic mass is 32.1. The van der Waals surface area contributed by atoms with Gasteiger partial charge in [-0.05, 0) is 62.7 Å². The highest BCUT2D eigenvalue weighted by Crippen LogP contribution is 2.38. The first kappa shape index (κ1) is 34.9. The van der Waals surface area contributed by atoms with Crippen LogP contribution in [0.4, 0.5) is 13.2 Å². The van der Waals surface area contributed by atoms with E-state index in [1.807, 2.05) is 19.2 Å². The fourth-order valence-electron chi connectivity index (χ4n) is 5.62. The van der Waals surface area contributed by atoms with Crippen LogP contribution in [0.1, 0.15) is 83.0 Å². The number of nitrogens with one attached hydrogen (secondary N) is 1. The number of unbranched alkanes of at least 4 members (excludes halogenated alkanes) is 2. The molecular formula is C33H41F3N6O3S2. The summed E-state index contributed by atoms with van der Waals surface area (Å²) < 4.78 is 46.3. The van der Waals surface area contributed by atoms with Crippen LogP contribution in [0.15, 0.2) is 29.0 Å². The fraction of sp³-hybridized carbons (Fsp3) is 0.576. The van der Waals surface area contributed by atoms with Crippen molar-refractivity contribution in [3.8, 4) is 27.4 Å². The normalized spacial score (nSPS) is 22.9. The summed E-state index contributed by atoms with van der Waals surface area (Å²) in [5.41, 5.74) is 0.349. The molecule has 2 aliphatic rings. The van der Waals surface area contributed by atoms with Gasteiger partial charge in [0.25, 0.3) is 0 Å². The molecule has 0 saturated heterocycles. The topological polar surface area (TPSA) is 110 Å². The Morgan fingerprint density at radius 2 is 1.89 bits per heavy atom. The maximum absolute atomic E-state index is 13.4. The molecule has 2 unspecified atom stereocenters. The van der Waals surface area contributed by atoms with E-state index in [9.17, 15) is 22.8 Å². The Balaban J connectivity index is 1.23. The summed E-state index contributed by atoms with van der Waals surface area (Å²) in [5.74, 6) is 0.787. The molecule has 0 spiro atoms. The molecule has 254 valence electrons. The Hall–Kier alpha value is -3.39. The number of hydrogen-bond donors (Lipinski definition) is 1. The lowest BCUT2D eigenvalue weighted by Gasteiger charge is -2.33. The number of carbonyl (C=O) groups is 2. The molecule has 47 heavy (non-hydrogen) atoms. The van der Waals surface area contributed by atoms with E-state index in [0.29, 0.717) is 23.0 Å². The molecule has 3 aromatic rings. The van der Waals surface area contributed by atoms with Crippen LogP contribution >= 0.6 is 22.7 Å². The molecule has 0 radical (unpaired) electrons. The molecule has 5 atom stereocenters. The van der Waals surface area contributed by atoms with Gasteiger partial charge in [0, 0.05) is 42.4 Å². The molecule has 3 aromatic heterocycles. The summed E-state index contributed by atoms with van der Waals surface area (Å²) in [7, 11) is 1.78. The smallest absolute Gasteiger partial charge is 0.434 e. The van der Waals surface area contributed by atoms with Crippen molar-refractivity contribution in [1.29, 1.82) is 0 Å². The average Bonchev–Trinajstić information content (AvgIpc) is 3.40. The predicted octanol–water partition coefficient (Wildman–Crippen LogP) is 7.37. The van der Waals surface area contributed by atoms with Crippen LogP contribution in [0.25, 0.3) is 21.5 Å². The van der Waals surface area contributed by atoms with E-state index >= 15 is 0 Å². The zero-order chi connectivity index (χ0) is 33.7. The number of thiazole rings is 2. The van der Waals surface area contributed by atoms with Crippen LogP contribution in [-0.4, -0.2) is 62.9 Å². The second-order valence-electron chi connectivity index (χ2n) is 12.8. The Bertz CT molecular complexity index is 1560. The quantitative estimate of drug-likeness (QED) is 0.107. The Labute approximate surface area is 281 Å². The van der Waals surface area contributed by atoms with Crippen LogP contribution in [0, 0.1) is 17.8 Å². The van der Waals surface area contributed by atoms with Crippen molar-refractivity contribution in [2.75, 3.05) is 13.6 Å². The molecule has 1 N–H and O–H groups in total. The molecular weight excluding hydrogens is 650 g/mol. The van der Waals surface area contributed by atoms with Crippen LogP contribution in [0.5, 0.6) is 5.88 Å². The number of amides is 2. The molecule has 0 bridgehead atoms. The monoisotopic (exact) mass is 690 g/mol.